The average Bonchev–Trinajstić information content (AvgIpc) is 2.89. The number of hydrogen-bond donors (Lipinski definition) is 0. The first-order valence-corrected chi connectivity index (χ1v) is 7.13. The molecular weight excluding hydrogens is 349 g/mol. The summed E-state index contributed by atoms with van der Waals surface area (Å²) in [6.07, 6.45) is 2.30. The van der Waals surface area contributed by atoms with E-state index in [4.69, 9.17) is 0 Å². The van der Waals surface area contributed by atoms with Crippen LogP contribution in [0.5, 0.6) is 5.88 Å². The molecule has 0 fully saturated rings. The first-order chi connectivity index (χ1) is 10.6. The summed E-state index contributed by atoms with van der Waals surface area (Å²) in [7, 11) is -5.99. The third-order valence-electron chi connectivity index (χ3n) is 2.80. The Bertz CT molecular complexity index is 1030. The Morgan fingerprint density at radius 1 is 1.13 bits per heavy atom. The van der Waals surface area contributed by atoms with E-state index in [2.05, 4.69) is 14.2 Å². The minimum Gasteiger partial charge on any atom is -0.351 e. The van der Waals surface area contributed by atoms with Gasteiger partial charge in [-0.1, -0.05) is 0 Å². The van der Waals surface area contributed by atoms with Gasteiger partial charge < -0.3 is 4.18 Å². The predicted molar refractivity (Wildman–Crippen MR) is 66.0 cm³/mol. The molecule has 3 rings (SSSR count). The Hall–Kier alpha value is -2.50. The number of rotatable bonds is 2. The molecule has 2 aromatic heterocycles. The third kappa shape index (κ3) is 2.44. The molecule has 2 heterocycles. The first kappa shape index (κ1) is 15.4. The summed E-state index contributed by atoms with van der Waals surface area (Å²) in [6.45, 7) is 0. The van der Waals surface area contributed by atoms with Gasteiger partial charge in [-0.2, -0.15) is 21.6 Å². The van der Waals surface area contributed by atoms with Gasteiger partial charge in [-0.25, -0.2) is 18.7 Å². The molecule has 1 aromatic carbocycles. The molecule has 0 saturated heterocycles. The van der Waals surface area contributed by atoms with E-state index < -0.39 is 38.8 Å². The van der Waals surface area contributed by atoms with Crippen molar-refractivity contribution in [3.05, 3.63) is 36.2 Å². The van der Waals surface area contributed by atoms with Crippen LogP contribution in [-0.4, -0.2) is 28.3 Å². The van der Waals surface area contributed by atoms with Crippen LogP contribution < -0.4 is 4.18 Å². The lowest BCUT2D eigenvalue weighted by molar-refractivity contribution is -0.0500. The molecule has 3 aromatic rings. The Balaban J connectivity index is 2.29. The van der Waals surface area contributed by atoms with Crippen LogP contribution in [0, 0.1) is 11.6 Å². The Kier molecular flexibility index (Phi) is 3.18. The molecule has 0 spiro atoms. The quantitative estimate of drug-likeness (QED) is 0.402. The molecule has 23 heavy (non-hydrogen) atoms. The van der Waals surface area contributed by atoms with E-state index in [1.54, 1.807) is 0 Å². The molecule has 0 atom stereocenters. The van der Waals surface area contributed by atoms with Gasteiger partial charge in [0.15, 0.2) is 11.6 Å². The smallest absolute Gasteiger partial charge is 0.351 e. The normalized spacial score (nSPS) is 12.9. The largest absolute Gasteiger partial charge is 0.534 e. The minimum atomic E-state index is -5.99. The van der Waals surface area contributed by atoms with Crippen LogP contribution in [-0.2, 0) is 10.1 Å². The lowest BCUT2D eigenvalue weighted by Crippen LogP contribution is -2.28. The maximum absolute atomic E-state index is 13.3. The topological polar surface area (TPSA) is 73.6 Å². The Morgan fingerprint density at radius 3 is 2.43 bits per heavy atom. The minimum absolute atomic E-state index is 0.0341. The molecule has 12 heteroatoms. The van der Waals surface area contributed by atoms with E-state index in [-0.39, 0.29) is 11.0 Å². The van der Waals surface area contributed by atoms with E-state index in [9.17, 15) is 30.4 Å². The highest BCUT2D eigenvalue weighted by molar-refractivity contribution is 7.88. The zero-order valence-corrected chi connectivity index (χ0v) is 11.5. The molecular formula is C11H4F5N3O3S. The monoisotopic (exact) mass is 353 g/mol. The average molecular weight is 353 g/mol. The fourth-order valence-electron chi connectivity index (χ4n) is 1.83. The van der Waals surface area contributed by atoms with Crippen LogP contribution in [0.3, 0.4) is 0 Å². The van der Waals surface area contributed by atoms with E-state index in [1.807, 2.05) is 0 Å². The molecule has 0 amide bonds. The van der Waals surface area contributed by atoms with Crippen molar-refractivity contribution in [3.63, 3.8) is 0 Å². The number of nitrogens with zero attached hydrogens (tertiary/aromatic N) is 3. The number of fused-ring (bicyclic) bond motifs is 3. The van der Waals surface area contributed by atoms with Crippen LogP contribution in [0.2, 0.25) is 0 Å². The summed E-state index contributed by atoms with van der Waals surface area (Å²) in [6, 6.07) is 1.34. The van der Waals surface area contributed by atoms with Crippen molar-refractivity contribution < 1.29 is 34.6 Å². The van der Waals surface area contributed by atoms with Crippen molar-refractivity contribution in [3.8, 4) is 5.88 Å². The summed E-state index contributed by atoms with van der Waals surface area (Å²) in [5.74, 6) is -3.54. The van der Waals surface area contributed by atoms with Gasteiger partial charge in [-0.3, -0.25) is 4.40 Å². The van der Waals surface area contributed by atoms with Crippen molar-refractivity contribution in [2.75, 3.05) is 0 Å². The summed E-state index contributed by atoms with van der Waals surface area (Å²) >= 11 is 0. The summed E-state index contributed by atoms with van der Waals surface area (Å²) in [5, 5.41) is 0. The number of imidazole rings is 1. The zero-order chi connectivity index (χ0) is 17.0. The Labute approximate surface area is 124 Å². The molecule has 122 valence electrons. The van der Waals surface area contributed by atoms with Crippen molar-refractivity contribution in [1.82, 2.24) is 14.4 Å². The molecule has 6 nitrogen and oxygen atoms in total. The van der Waals surface area contributed by atoms with Crippen molar-refractivity contribution >= 4 is 26.8 Å². The summed E-state index contributed by atoms with van der Waals surface area (Å²) < 4.78 is 90.9. The molecule has 0 bridgehead atoms. The lowest BCUT2D eigenvalue weighted by Gasteiger charge is -2.11. The fourth-order valence-corrected chi connectivity index (χ4v) is 2.24. The highest BCUT2D eigenvalue weighted by atomic mass is 32.2. The SMILES string of the molecule is O=S(=O)(Oc1nc2cc(F)c(F)cc2n2ccnc12)C(F)(F)F. The number of hydrogen-bond acceptors (Lipinski definition) is 5. The predicted octanol–water partition coefficient (Wildman–Crippen LogP) is 2.39. The van der Waals surface area contributed by atoms with Gasteiger partial charge in [0.05, 0.1) is 11.0 Å². The maximum atomic E-state index is 13.3. The molecule has 0 aliphatic heterocycles. The summed E-state index contributed by atoms with van der Waals surface area (Å²) in [5.41, 5.74) is -6.44. The first-order valence-electron chi connectivity index (χ1n) is 5.73. The fraction of sp³-hybridized carbons (Fsp3) is 0.0909. The molecule has 0 aliphatic rings. The summed E-state index contributed by atoms with van der Waals surface area (Å²) in [4.78, 5) is 7.10. The molecule has 0 N–H and O–H groups in total. The number of benzene rings is 1. The van der Waals surface area contributed by atoms with Gasteiger partial charge in [0.1, 0.15) is 0 Å². The van der Waals surface area contributed by atoms with Gasteiger partial charge in [-0.05, 0) is 0 Å². The van der Waals surface area contributed by atoms with Gasteiger partial charge in [0, 0.05) is 24.5 Å². The Morgan fingerprint density at radius 2 is 1.78 bits per heavy atom. The zero-order valence-electron chi connectivity index (χ0n) is 10.7. The van der Waals surface area contributed by atoms with Gasteiger partial charge in [0.25, 0.3) is 5.88 Å². The van der Waals surface area contributed by atoms with E-state index in [1.165, 1.54) is 6.20 Å². The standard InChI is InChI=1S/C11H4F5N3O3S/c12-5-3-7-8(4-6(5)13)19-2-1-17-9(19)10(18-7)22-23(20,21)11(14,15)16/h1-4H. The van der Waals surface area contributed by atoms with Crippen LogP contribution >= 0.6 is 0 Å². The maximum Gasteiger partial charge on any atom is 0.534 e. The van der Waals surface area contributed by atoms with Crippen LogP contribution in [0.1, 0.15) is 0 Å². The van der Waals surface area contributed by atoms with Crippen LogP contribution in [0.4, 0.5) is 22.0 Å². The molecule has 0 radical (unpaired) electrons. The molecule has 0 saturated carbocycles. The molecule has 0 aliphatic carbocycles. The number of halogens is 5. The van der Waals surface area contributed by atoms with Crippen molar-refractivity contribution in [1.29, 1.82) is 0 Å². The van der Waals surface area contributed by atoms with Crippen LogP contribution in [0.15, 0.2) is 24.5 Å². The van der Waals surface area contributed by atoms with Gasteiger partial charge >= 0.3 is 15.6 Å². The lowest BCUT2D eigenvalue weighted by atomic mass is 10.3. The van der Waals surface area contributed by atoms with E-state index >= 15 is 0 Å². The van der Waals surface area contributed by atoms with Gasteiger partial charge in [0.2, 0.25) is 5.65 Å². The van der Waals surface area contributed by atoms with Gasteiger partial charge in [-0.15, -0.1) is 0 Å². The van der Waals surface area contributed by atoms with E-state index in [0.717, 1.165) is 16.7 Å². The second-order valence-corrected chi connectivity index (χ2v) is 5.81. The highest BCUT2D eigenvalue weighted by Crippen LogP contribution is 2.30. The number of aromatic nitrogens is 3. The third-order valence-corrected chi connectivity index (χ3v) is 3.75. The van der Waals surface area contributed by atoms with Crippen LogP contribution in [0.25, 0.3) is 16.7 Å². The highest BCUT2D eigenvalue weighted by Gasteiger charge is 2.49. The molecule has 0 unspecified atom stereocenters. The van der Waals surface area contributed by atoms with Crippen molar-refractivity contribution in [2.45, 2.75) is 5.51 Å². The van der Waals surface area contributed by atoms with Crippen molar-refractivity contribution in [2.24, 2.45) is 0 Å². The van der Waals surface area contributed by atoms with E-state index in [0.29, 0.717) is 6.07 Å². The number of alkyl halides is 3. The second kappa shape index (κ2) is 4.75. The second-order valence-electron chi connectivity index (χ2n) is 4.28.